The van der Waals surface area contributed by atoms with Gasteiger partial charge in [-0.2, -0.15) is 29.9 Å². The Hall–Kier alpha value is -2.21. The number of imidazole rings is 1. The van der Waals surface area contributed by atoms with Crippen LogP contribution >= 0.6 is 46.6 Å². The zero-order valence-corrected chi connectivity index (χ0v) is 23.0. The summed E-state index contributed by atoms with van der Waals surface area (Å²) in [6.45, 7) is 0. The molecule has 0 saturated heterocycles. The van der Waals surface area contributed by atoms with Gasteiger partial charge < -0.3 is 0 Å². The molecule has 13 heteroatoms. The van der Waals surface area contributed by atoms with Crippen molar-refractivity contribution in [1.82, 2.24) is 13.3 Å². The fourth-order valence-electron chi connectivity index (χ4n) is 3.35. The van der Waals surface area contributed by atoms with Gasteiger partial charge in [0.2, 0.25) is 0 Å². The van der Waals surface area contributed by atoms with Crippen LogP contribution in [0.2, 0.25) is 15.1 Å². The maximum atomic E-state index is 13.6. The van der Waals surface area contributed by atoms with Crippen LogP contribution in [0, 0.1) is 0 Å². The number of alkyl halides is 3. The van der Waals surface area contributed by atoms with Crippen LogP contribution in [0.25, 0.3) is 22.5 Å². The van der Waals surface area contributed by atoms with E-state index in [9.17, 15) is 21.6 Å². The lowest BCUT2D eigenvalue weighted by Gasteiger charge is -2.17. The first kappa shape index (κ1) is 27.8. The van der Waals surface area contributed by atoms with Crippen molar-refractivity contribution in [3.8, 4) is 22.5 Å². The van der Waals surface area contributed by atoms with E-state index in [4.69, 9.17) is 34.8 Å². The van der Waals surface area contributed by atoms with E-state index in [0.29, 0.717) is 26.1 Å². The summed E-state index contributed by atoms with van der Waals surface area (Å²) in [5, 5.41) is 1.06. The standard InChI is InChI=1S/C24H17Cl3F3N3O2S2/c1-32(2)37(34,35)33-22(15-5-9-17(25)10-6-15)21(14-3-7-16(8-4-14)24(28,29)30)31-23(33)36-18-11-12-19(26)20(27)13-18/h3-13H,1-2H3. The molecule has 0 bridgehead atoms. The molecule has 1 heterocycles. The van der Waals surface area contributed by atoms with Crippen LogP contribution in [0.3, 0.4) is 0 Å². The largest absolute Gasteiger partial charge is 0.416 e. The molecule has 0 radical (unpaired) electrons. The average molecular weight is 607 g/mol. The first-order chi connectivity index (χ1) is 17.3. The van der Waals surface area contributed by atoms with Gasteiger partial charge in [-0.05, 0) is 42.5 Å². The minimum atomic E-state index is -4.53. The molecular formula is C24H17Cl3F3N3O2S2. The number of hydrogen-bond acceptors (Lipinski definition) is 4. The molecule has 0 aliphatic carbocycles. The van der Waals surface area contributed by atoms with Crippen molar-refractivity contribution in [2.24, 2.45) is 0 Å². The topological polar surface area (TPSA) is 55.2 Å². The van der Waals surface area contributed by atoms with Gasteiger partial charge in [-0.3, -0.25) is 0 Å². The second kappa shape index (κ2) is 10.5. The summed E-state index contributed by atoms with van der Waals surface area (Å²) in [4.78, 5) is 5.15. The van der Waals surface area contributed by atoms with Gasteiger partial charge in [-0.25, -0.2) is 4.98 Å². The Labute approximate surface area is 231 Å². The van der Waals surface area contributed by atoms with Gasteiger partial charge in [0, 0.05) is 35.1 Å². The maximum absolute atomic E-state index is 13.6. The van der Waals surface area contributed by atoms with Crippen molar-refractivity contribution in [2.45, 2.75) is 16.2 Å². The molecule has 37 heavy (non-hydrogen) atoms. The number of rotatable bonds is 6. The van der Waals surface area contributed by atoms with E-state index < -0.39 is 21.9 Å². The van der Waals surface area contributed by atoms with Crippen LogP contribution in [-0.2, 0) is 16.4 Å². The monoisotopic (exact) mass is 605 g/mol. The Balaban J connectivity index is 2.02. The van der Waals surface area contributed by atoms with Crippen molar-refractivity contribution in [1.29, 1.82) is 0 Å². The molecule has 0 spiro atoms. The molecule has 0 saturated carbocycles. The first-order valence-corrected chi connectivity index (χ1v) is 13.8. The van der Waals surface area contributed by atoms with Gasteiger partial charge in [0.15, 0.2) is 5.16 Å². The summed E-state index contributed by atoms with van der Waals surface area (Å²) in [7, 11) is -1.42. The predicted molar refractivity (Wildman–Crippen MR) is 142 cm³/mol. The van der Waals surface area contributed by atoms with Gasteiger partial charge in [0.05, 0.1) is 27.0 Å². The lowest BCUT2D eigenvalue weighted by Crippen LogP contribution is -2.29. The highest BCUT2D eigenvalue weighted by atomic mass is 35.5. The number of benzene rings is 3. The van der Waals surface area contributed by atoms with Gasteiger partial charge in [-0.1, -0.05) is 70.8 Å². The van der Waals surface area contributed by atoms with Gasteiger partial charge in [0.25, 0.3) is 0 Å². The highest BCUT2D eigenvalue weighted by Crippen LogP contribution is 2.41. The van der Waals surface area contributed by atoms with Crippen LogP contribution in [0.4, 0.5) is 13.2 Å². The van der Waals surface area contributed by atoms with Crippen LogP contribution < -0.4 is 0 Å². The summed E-state index contributed by atoms with van der Waals surface area (Å²) in [6.07, 6.45) is -4.53. The molecule has 4 aromatic rings. The molecular weight excluding hydrogens is 590 g/mol. The van der Waals surface area contributed by atoms with Gasteiger partial charge >= 0.3 is 16.4 Å². The van der Waals surface area contributed by atoms with E-state index in [-0.39, 0.29) is 21.6 Å². The predicted octanol–water partition coefficient (Wildman–Crippen LogP) is 8.00. The number of halogens is 6. The molecule has 0 fully saturated rings. The summed E-state index contributed by atoms with van der Waals surface area (Å²) in [5.41, 5.74) is 0.228. The van der Waals surface area contributed by atoms with Crippen molar-refractivity contribution in [2.75, 3.05) is 14.1 Å². The minimum Gasteiger partial charge on any atom is -0.221 e. The van der Waals surface area contributed by atoms with Crippen molar-refractivity contribution in [3.63, 3.8) is 0 Å². The molecule has 0 aliphatic heterocycles. The third-order valence-corrected chi connectivity index (χ3v) is 9.00. The number of nitrogens with zero attached hydrogens (tertiary/aromatic N) is 3. The quantitative estimate of drug-likeness (QED) is 0.223. The third kappa shape index (κ3) is 5.79. The second-order valence-corrected chi connectivity index (χ2v) is 12.2. The fourth-order valence-corrected chi connectivity index (χ4v) is 6.06. The Morgan fingerprint density at radius 1 is 0.865 bits per heavy atom. The first-order valence-electron chi connectivity index (χ1n) is 10.4. The molecule has 0 atom stereocenters. The highest BCUT2D eigenvalue weighted by molar-refractivity contribution is 7.99. The Morgan fingerprint density at radius 2 is 1.46 bits per heavy atom. The normalized spacial score (nSPS) is 12.4. The molecule has 0 N–H and O–H groups in total. The van der Waals surface area contributed by atoms with Gasteiger partial charge in [0.1, 0.15) is 0 Å². The van der Waals surface area contributed by atoms with E-state index in [1.165, 1.54) is 26.2 Å². The minimum absolute atomic E-state index is 0.0481. The van der Waals surface area contributed by atoms with Crippen LogP contribution in [-0.4, -0.2) is 35.8 Å². The molecule has 1 aromatic heterocycles. The fraction of sp³-hybridized carbons (Fsp3) is 0.125. The second-order valence-electron chi connectivity index (χ2n) is 7.91. The summed E-state index contributed by atoms with van der Waals surface area (Å²) < 4.78 is 68.7. The Morgan fingerprint density at radius 3 is 2.00 bits per heavy atom. The smallest absolute Gasteiger partial charge is 0.221 e. The zero-order valence-electron chi connectivity index (χ0n) is 19.1. The van der Waals surface area contributed by atoms with Crippen molar-refractivity contribution < 1.29 is 21.6 Å². The van der Waals surface area contributed by atoms with E-state index >= 15 is 0 Å². The zero-order chi connectivity index (χ0) is 27.1. The van der Waals surface area contributed by atoms with Gasteiger partial charge in [-0.15, -0.1) is 0 Å². The molecule has 0 unspecified atom stereocenters. The van der Waals surface area contributed by atoms with Crippen LogP contribution in [0.1, 0.15) is 5.56 Å². The number of aromatic nitrogens is 2. The van der Waals surface area contributed by atoms with Crippen LogP contribution in [0.15, 0.2) is 76.8 Å². The third-order valence-electron chi connectivity index (χ3n) is 5.20. The Kier molecular flexibility index (Phi) is 7.90. The highest BCUT2D eigenvalue weighted by Gasteiger charge is 2.32. The average Bonchev–Trinajstić information content (AvgIpc) is 3.21. The molecule has 5 nitrogen and oxygen atoms in total. The van der Waals surface area contributed by atoms with E-state index in [2.05, 4.69) is 4.98 Å². The number of hydrogen-bond donors (Lipinski definition) is 0. The summed E-state index contributed by atoms with van der Waals surface area (Å²) in [5.74, 6) is 0. The van der Waals surface area contributed by atoms with Crippen molar-refractivity contribution in [3.05, 3.63) is 87.4 Å². The molecule has 4 rings (SSSR count). The lowest BCUT2D eigenvalue weighted by molar-refractivity contribution is -0.137. The molecule has 194 valence electrons. The maximum Gasteiger partial charge on any atom is 0.416 e. The molecule has 0 aliphatic rings. The van der Waals surface area contributed by atoms with Crippen molar-refractivity contribution >= 4 is 56.8 Å². The summed E-state index contributed by atoms with van der Waals surface area (Å²) in [6, 6.07) is 15.5. The van der Waals surface area contributed by atoms with E-state index in [1.807, 2.05) is 0 Å². The van der Waals surface area contributed by atoms with Crippen LogP contribution in [0.5, 0.6) is 0 Å². The SMILES string of the molecule is CN(C)S(=O)(=O)n1c(Sc2ccc(Cl)c(Cl)c2)nc(-c2ccc(C(F)(F)F)cc2)c1-c1ccc(Cl)cc1. The Bertz CT molecular complexity index is 1560. The molecule has 0 amide bonds. The van der Waals surface area contributed by atoms with E-state index in [0.717, 1.165) is 32.2 Å². The molecule has 3 aromatic carbocycles. The van der Waals surface area contributed by atoms with E-state index in [1.54, 1.807) is 42.5 Å². The summed E-state index contributed by atoms with van der Waals surface area (Å²) >= 11 is 19.2. The lowest BCUT2D eigenvalue weighted by atomic mass is 10.0.